The highest BCUT2D eigenvalue weighted by molar-refractivity contribution is 5.20. The summed E-state index contributed by atoms with van der Waals surface area (Å²) in [5.41, 5.74) is 0.789. The van der Waals surface area contributed by atoms with E-state index >= 15 is 0 Å². The molecule has 110 valence electrons. The summed E-state index contributed by atoms with van der Waals surface area (Å²) < 4.78 is 13.9. The molecular weight excluding hydrogens is 251 g/mol. The Bertz CT molecular complexity index is 442. The van der Waals surface area contributed by atoms with Crippen LogP contribution in [-0.2, 0) is 0 Å². The Balaban J connectivity index is 1.65. The highest BCUT2D eigenvalue weighted by Gasteiger charge is 2.35. The number of hydrogen-bond acceptors (Lipinski definition) is 2. The van der Waals surface area contributed by atoms with Gasteiger partial charge in [-0.2, -0.15) is 0 Å². The third-order valence-electron chi connectivity index (χ3n) is 5.02. The average Bonchev–Trinajstić information content (AvgIpc) is 3.09. The third-order valence-corrected chi connectivity index (χ3v) is 5.02. The summed E-state index contributed by atoms with van der Waals surface area (Å²) in [5.74, 6) is 0.618. The lowest BCUT2D eigenvalue weighted by Gasteiger charge is -2.29. The van der Waals surface area contributed by atoms with Crippen LogP contribution in [0.3, 0.4) is 0 Å². The lowest BCUT2D eigenvalue weighted by molar-refractivity contribution is 0.301. The molecule has 2 N–H and O–H groups in total. The molecule has 4 unspecified atom stereocenters. The summed E-state index contributed by atoms with van der Waals surface area (Å²) in [4.78, 5) is 0. The van der Waals surface area contributed by atoms with E-state index < -0.39 is 0 Å². The average molecular weight is 276 g/mol. The molecule has 2 aliphatic rings. The molecule has 0 spiro atoms. The number of hydrogen-bond donors (Lipinski definition) is 2. The third kappa shape index (κ3) is 2.89. The van der Waals surface area contributed by atoms with E-state index in [4.69, 9.17) is 0 Å². The molecule has 4 atom stereocenters. The van der Waals surface area contributed by atoms with Crippen LogP contribution in [0.5, 0.6) is 0 Å². The molecule has 1 saturated heterocycles. The molecular formula is C17H25FN2. The van der Waals surface area contributed by atoms with Crippen LogP contribution >= 0.6 is 0 Å². The molecule has 1 aliphatic heterocycles. The first-order valence-corrected chi connectivity index (χ1v) is 7.99. The Labute approximate surface area is 121 Å². The minimum Gasteiger partial charge on any atom is -0.314 e. The van der Waals surface area contributed by atoms with Crippen molar-refractivity contribution in [3.8, 4) is 0 Å². The zero-order chi connectivity index (χ0) is 13.9. The molecule has 0 radical (unpaired) electrons. The maximum atomic E-state index is 13.9. The largest absolute Gasteiger partial charge is 0.314 e. The minimum absolute atomic E-state index is 0.0863. The highest BCUT2D eigenvalue weighted by atomic mass is 19.1. The van der Waals surface area contributed by atoms with Crippen molar-refractivity contribution in [2.75, 3.05) is 6.54 Å². The van der Waals surface area contributed by atoms with Crippen LogP contribution in [0.25, 0.3) is 0 Å². The van der Waals surface area contributed by atoms with Gasteiger partial charge in [0, 0.05) is 23.7 Å². The highest BCUT2D eigenvalue weighted by Crippen LogP contribution is 2.33. The van der Waals surface area contributed by atoms with E-state index in [2.05, 4.69) is 17.6 Å². The van der Waals surface area contributed by atoms with Gasteiger partial charge in [0.05, 0.1) is 0 Å². The van der Waals surface area contributed by atoms with Crippen LogP contribution in [0, 0.1) is 11.7 Å². The molecule has 2 fully saturated rings. The molecule has 1 saturated carbocycles. The van der Waals surface area contributed by atoms with E-state index in [-0.39, 0.29) is 11.9 Å². The summed E-state index contributed by atoms with van der Waals surface area (Å²) in [6.45, 7) is 3.24. The van der Waals surface area contributed by atoms with Crippen molar-refractivity contribution >= 4 is 0 Å². The quantitative estimate of drug-likeness (QED) is 0.881. The second-order valence-corrected chi connectivity index (χ2v) is 6.31. The van der Waals surface area contributed by atoms with Crippen LogP contribution in [0.4, 0.5) is 4.39 Å². The molecule has 20 heavy (non-hydrogen) atoms. The Kier molecular flexibility index (Phi) is 4.37. The van der Waals surface area contributed by atoms with Crippen LogP contribution < -0.4 is 10.6 Å². The van der Waals surface area contributed by atoms with Gasteiger partial charge >= 0.3 is 0 Å². The van der Waals surface area contributed by atoms with Crippen molar-refractivity contribution in [1.82, 2.24) is 10.6 Å². The van der Waals surface area contributed by atoms with E-state index in [1.54, 1.807) is 12.1 Å². The van der Waals surface area contributed by atoms with Crippen molar-refractivity contribution in [2.45, 2.75) is 57.2 Å². The van der Waals surface area contributed by atoms with E-state index in [0.29, 0.717) is 18.0 Å². The van der Waals surface area contributed by atoms with Gasteiger partial charge in [0.25, 0.3) is 0 Å². The SMILES string of the molecule is CC(NC1CCCC1C1CCCN1)c1ccccc1F. The van der Waals surface area contributed by atoms with Crippen molar-refractivity contribution in [3.05, 3.63) is 35.6 Å². The zero-order valence-corrected chi connectivity index (χ0v) is 12.2. The fourth-order valence-electron chi connectivity index (χ4n) is 3.99. The molecule has 0 aromatic heterocycles. The van der Waals surface area contributed by atoms with E-state index in [1.165, 1.54) is 32.1 Å². The maximum Gasteiger partial charge on any atom is 0.127 e. The Morgan fingerprint density at radius 2 is 2.05 bits per heavy atom. The predicted octanol–water partition coefficient (Wildman–Crippen LogP) is 3.40. The standard InChI is InChI=1S/C17H25FN2/c1-12(13-6-2-3-8-15(13)18)20-17-9-4-7-14(17)16-10-5-11-19-16/h2-3,6,8,12,14,16-17,19-20H,4-5,7,9-11H2,1H3. The van der Waals surface area contributed by atoms with Gasteiger partial charge in [-0.3, -0.25) is 0 Å². The first-order chi connectivity index (χ1) is 9.75. The van der Waals surface area contributed by atoms with Gasteiger partial charge in [-0.15, -0.1) is 0 Å². The fraction of sp³-hybridized carbons (Fsp3) is 0.647. The molecule has 1 aliphatic carbocycles. The molecule has 1 aromatic rings. The normalized spacial score (nSPS) is 31.6. The molecule has 0 amide bonds. The fourth-order valence-corrected chi connectivity index (χ4v) is 3.99. The maximum absolute atomic E-state index is 13.9. The molecule has 3 heteroatoms. The van der Waals surface area contributed by atoms with Gasteiger partial charge in [-0.1, -0.05) is 24.6 Å². The molecule has 1 heterocycles. The van der Waals surface area contributed by atoms with Gasteiger partial charge in [-0.05, 0) is 51.1 Å². The first-order valence-electron chi connectivity index (χ1n) is 7.99. The smallest absolute Gasteiger partial charge is 0.127 e. The second kappa shape index (κ2) is 6.23. The molecule has 0 bridgehead atoms. The van der Waals surface area contributed by atoms with Crippen LogP contribution in [0.2, 0.25) is 0 Å². The molecule has 2 nitrogen and oxygen atoms in total. The molecule has 3 rings (SSSR count). The van der Waals surface area contributed by atoms with Gasteiger partial charge in [0.2, 0.25) is 0 Å². The lowest BCUT2D eigenvalue weighted by Crippen LogP contribution is -2.43. The summed E-state index contributed by atoms with van der Waals surface area (Å²) in [6.07, 6.45) is 6.43. The van der Waals surface area contributed by atoms with E-state index in [1.807, 2.05) is 12.1 Å². The predicted molar refractivity (Wildman–Crippen MR) is 80.1 cm³/mol. The first kappa shape index (κ1) is 14.0. The van der Waals surface area contributed by atoms with Crippen molar-refractivity contribution in [2.24, 2.45) is 5.92 Å². The van der Waals surface area contributed by atoms with Crippen molar-refractivity contribution < 1.29 is 4.39 Å². The van der Waals surface area contributed by atoms with Gasteiger partial charge in [-0.25, -0.2) is 4.39 Å². The number of halogens is 1. The number of nitrogens with one attached hydrogen (secondary N) is 2. The molecule has 1 aromatic carbocycles. The summed E-state index contributed by atoms with van der Waals surface area (Å²) in [7, 11) is 0. The van der Waals surface area contributed by atoms with Crippen LogP contribution in [0.15, 0.2) is 24.3 Å². The van der Waals surface area contributed by atoms with E-state index in [0.717, 1.165) is 12.1 Å². The van der Waals surface area contributed by atoms with Gasteiger partial charge in [0.15, 0.2) is 0 Å². The second-order valence-electron chi connectivity index (χ2n) is 6.31. The van der Waals surface area contributed by atoms with Crippen LogP contribution in [0.1, 0.15) is 50.6 Å². The van der Waals surface area contributed by atoms with Crippen molar-refractivity contribution in [1.29, 1.82) is 0 Å². The number of rotatable bonds is 4. The van der Waals surface area contributed by atoms with Crippen LogP contribution in [-0.4, -0.2) is 18.6 Å². The minimum atomic E-state index is -0.0963. The van der Waals surface area contributed by atoms with Gasteiger partial charge < -0.3 is 10.6 Å². The number of benzene rings is 1. The Hall–Kier alpha value is -0.930. The monoisotopic (exact) mass is 276 g/mol. The zero-order valence-electron chi connectivity index (χ0n) is 12.2. The Morgan fingerprint density at radius 3 is 2.80 bits per heavy atom. The Morgan fingerprint density at radius 1 is 1.20 bits per heavy atom. The summed E-state index contributed by atoms with van der Waals surface area (Å²) in [5, 5.41) is 7.32. The summed E-state index contributed by atoms with van der Waals surface area (Å²) >= 11 is 0. The lowest BCUT2D eigenvalue weighted by atomic mass is 9.92. The summed E-state index contributed by atoms with van der Waals surface area (Å²) in [6, 6.07) is 8.41. The topological polar surface area (TPSA) is 24.1 Å². The van der Waals surface area contributed by atoms with Gasteiger partial charge in [0.1, 0.15) is 5.82 Å². The van der Waals surface area contributed by atoms with Crippen molar-refractivity contribution in [3.63, 3.8) is 0 Å². The van der Waals surface area contributed by atoms with E-state index in [9.17, 15) is 4.39 Å².